The van der Waals surface area contributed by atoms with Gasteiger partial charge in [-0.25, -0.2) is 0 Å². The van der Waals surface area contributed by atoms with Crippen LogP contribution in [0.5, 0.6) is 5.75 Å². The molecule has 18 heavy (non-hydrogen) atoms. The minimum atomic E-state index is 0.174. The number of rotatable bonds is 3. The van der Waals surface area contributed by atoms with Gasteiger partial charge in [0.05, 0.1) is 6.42 Å². The number of likely N-dealkylation sites (N-methyl/N-ethyl adjacent to an activating group) is 1. The van der Waals surface area contributed by atoms with Crippen molar-refractivity contribution < 1.29 is 9.90 Å². The number of carbonyl (C=O) groups is 1. The third kappa shape index (κ3) is 3.25. The molecule has 1 aliphatic carbocycles. The Morgan fingerprint density at radius 1 is 1.22 bits per heavy atom. The molecule has 0 bridgehead atoms. The molecule has 0 heterocycles. The number of carbonyl (C=O) groups excluding carboxylic acids is 1. The van der Waals surface area contributed by atoms with E-state index >= 15 is 0 Å². The zero-order valence-electron chi connectivity index (χ0n) is 10.9. The van der Waals surface area contributed by atoms with Gasteiger partial charge in [-0.3, -0.25) is 4.79 Å². The quantitative estimate of drug-likeness (QED) is 0.892. The Bertz CT molecular complexity index is 393. The molecule has 0 spiro atoms. The Balaban J connectivity index is 1.92. The predicted molar refractivity (Wildman–Crippen MR) is 71.5 cm³/mol. The molecule has 3 nitrogen and oxygen atoms in total. The molecule has 1 aliphatic rings. The average Bonchev–Trinajstić information content (AvgIpc) is 2.41. The van der Waals surface area contributed by atoms with Gasteiger partial charge in [-0.2, -0.15) is 0 Å². The van der Waals surface area contributed by atoms with Crippen molar-refractivity contribution in [1.82, 2.24) is 4.90 Å². The number of aromatic hydroxyl groups is 1. The highest BCUT2D eigenvalue weighted by Gasteiger charge is 2.21. The van der Waals surface area contributed by atoms with Crippen molar-refractivity contribution in [3.05, 3.63) is 29.8 Å². The maximum atomic E-state index is 12.2. The van der Waals surface area contributed by atoms with Gasteiger partial charge in [0.2, 0.25) is 5.91 Å². The van der Waals surface area contributed by atoms with Crippen LogP contribution in [0.15, 0.2) is 24.3 Å². The summed E-state index contributed by atoms with van der Waals surface area (Å²) in [6.07, 6.45) is 6.47. The molecule has 0 aromatic heterocycles. The van der Waals surface area contributed by atoms with Crippen molar-refractivity contribution in [2.45, 2.75) is 44.6 Å². The Kier molecular flexibility index (Phi) is 4.24. The Morgan fingerprint density at radius 3 is 2.44 bits per heavy atom. The third-order valence-electron chi connectivity index (χ3n) is 3.81. The van der Waals surface area contributed by atoms with Crippen LogP contribution in [-0.4, -0.2) is 29.0 Å². The summed E-state index contributed by atoms with van der Waals surface area (Å²) in [5.41, 5.74) is 0.959. The lowest BCUT2D eigenvalue weighted by molar-refractivity contribution is -0.131. The van der Waals surface area contributed by atoms with Crippen molar-refractivity contribution in [2.75, 3.05) is 7.05 Å². The van der Waals surface area contributed by atoms with Gasteiger partial charge in [0.1, 0.15) is 5.75 Å². The second-order valence-electron chi connectivity index (χ2n) is 5.14. The van der Waals surface area contributed by atoms with Gasteiger partial charge in [0, 0.05) is 13.1 Å². The van der Waals surface area contributed by atoms with Gasteiger partial charge < -0.3 is 10.0 Å². The molecule has 1 saturated carbocycles. The first-order valence-corrected chi connectivity index (χ1v) is 6.70. The summed E-state index contributed by atoms with van der Waals surface area (Å²) in [6, 6.07) is 7.29. The zero-order chi connectivity index (χ0) is 13.0. The maximum Gasteiger partial charge on any atom is 0.226 e. The SMILES string of the molecule is CN(C(=O)Cc1ccc(O)cc1)C1CCCCC1. The van der Waals surface area contributed by atoms with E-state index in [4.69, 9.17) is 0 Å². The van der Waals surface area contributed by atoms with Gasteiger partial charge in [0.25, 0.3) is 0 Å². The molecule has 0 saturated heterocycles. The third-order valence-corrected chi connectivity index (χ3v) is 3.81. The fourth-order valence-corrected chi connectivity index (χ4v) is 2.59. The summed E-state index contributed by atoms with van der Waals surface area (Å²) in [6.45, 7) is 0. The Hall–Kier alpha value is -1.51. The highest BCUT2D eigenvalue weighted by Crippen LogP contribution is 2.22. The minimum absolute atomic E-state index is 0.174. The normalized spacial score (nSPS) is 16.5. The lowest BCUT2D eigenvalue weighted by atomic mass is 9.94. The van der Waals surface area contributed by atoms with Crippen LogP contribution < -0.4 is 0 Å². The molecule has 0 radical (unpaired) electrons. The van der Waals surface area contributed by atoms with Gasteiger partial charge in [-0.1, -0.05) is 31.4 Å². The van der Waals surface area contributed by atoms with Crippen LogP contribution in [0.2, 0.25) is 0 Å². The van der Waals surface area contributed by atoms with Crippen LogP contribution in [0, 0.1) is 0 Å². The molecule has 98 valence electrons. The van der Waals surface area contributed by atoms with E-state index in [1.54, 1.807) is 12.1 Å². The number of phenolic OH excluding ortho intramolecular Hbond substituents is 1. The predicted octanol–water partition coefficient (Wildman–Crippen LogP) is 2.73. The van der Waals surface area contributed by atoms with Crippen molar-refractivity contribution in [1.29, 1.82) is 0 Å². The number of nitrogens with zero attached hydrogens (tertiary/aromatic N) is 1. The molecule has 1 aromatic rings. The van der Waals surface area contributed by atoms with E-state index in [1.165, 1.54) is 19.3 Å². The molecular weight excluding hydrogens is 226 g/mol. The van der Waals surface area contributed by atoms with Crippen LogP contribution in [0.4, 0.5) is 0 Å². The number of hydrogen-bond donors (Lipinski definition) is 1. The Morgan fingerprint density at radius 2 is 1.83 bits per heavy atom. The average molecular weight is 247 g/mol. The number of benzene rings is 1. The monoisotopic (exact) mass is 247 g/mol. The second-order valence-corrected chi connectivity index (χ2v) is 5.14. The number of hydrogen-bond acceptors (Lipinski definition) is 2. The van der Waals surface area contributed by atoms with E-state index in [-0.39, 0.29) is 11.7 Å². The fraction of sp³-hybridized carbons (Fsp3) is 0.533. The summed E-state index contributed by atoms with van der Waals surface area (Å²) in [7, 11) is 1.92. The summed E-state index contributed by atoms with van der Waals surface area (Å²) in [4.78, 5) is 14.1. The van der Waals surface area contributed by atoms with E-state index in [2.05, 4.69) is 0 Å². The highest BCUT2D eigenvalue weighted by molar-refractivity contribution is 5.78. The van der Waals surface area contributed by atoms with E-state index in [9.17, 15) is 9.90 Å². The maximum absolute atomic E-state index is 12.2. The van der Waals surface area contributed by atoms with Crippen LogP contribution in [-0.2, 0) is 11.2 Å². The molecule has 1 amide bonds. The first-order chi connectivity index (χ1) is 8.66. The van der Waals surface area contributed by atoms with Gasteiger partial charge in [-0.15, -0.1) is 0 Å². The first-order valence-electron chi connectivity index (χ1n) is 6.70. The standard InChI is InChI=1S/C15H21NO2/c1-16(13-5-3-2-4-6-13)15(18)11-12-7-9-14(17)10-8-12/h7-10,13,17H,2-6,11H2,1H3. The topological polar surface area (TPSA) is 40.5 Å². The van der Waals surface area contributed by atoms with Crippen LogP contribution in [0.1, 0.15) is 37.7 Å². The summed E-state index contributed by atoms with van der Waals surface area (Å²) < 4.78 is 0. The van der Waals surface area contributed by atoms with Crippen molar-refractivity contribution >= 4 is 5.91 Å². The van der Waals surface area contributed by atoms with Crippen LogP contribution >= 0.6 is 0 Å². The highest BCUT2D eigenvalue weighted by atomic mass is 16.3. The number of phenols is 1. The summed E-state index contributed by atoms with van der Waals surface area (Å²) in [5, 5.41) is 9.21. The van der Waals surface area contributed by atoms with Crippen LogP contribution in [0.3, 0.4) is 0 Å². The zero-order valence-corrected chi connectivity index (χ0v) is 10.9. The van der Waals surface area contributed by atoms with Gasteiger partial charge in [0.15, 0.2) is 0 Å². The van der Waals surface area contributed by atoms with Gasteiger partial charge >= 0.3 is 0 Å². The van der Waals surface area contributed by atoms with E-state index < -0.39 is 0 Å². The van der Waals surface area contributed by atoms with Crippen molar-refractivity contribution in [2.24, 2.45) is 0 Å². The fourth-order valence-electron chi connectivity index (χ4n) is 2.59. The minimum Gasteiger partial charge on any atom is -0.508 e. The van der Waals surface area contributed by atoms with Crippen molar-refractivity contribution in [3.63, 3.8) is 0 Å². The number of amides is 1. The lowest BCUT2D eigenvalue weighted by Gasteiger charge is -2.31. The molecule has 2 rings (SSSR count). The lowest BCUT2D eigenvalue weighted by Crippen LogP contribution is -2.39. The molecule has 0 atom stereocenters. The van der Waals surface area contributed by atoms with E-state index in [0.29, 0.717) is 12.5 Å². The van der Waals surface area contributed by atoms with E-state index in [1.807, 2.05) is 24.1 Å². The Labute approximate surface area is 108 Å². The van der Waals surface area contributed by atoms with E-state index in [0.717, 1.165) is 18.4 Å². The molecule has 1 aromatic carbocycles. The summed E-state index contributed by atoms with van der Waals surface area (Å²) >= 11 is 0. The molecule has 1 N–H and O–H groups in total. The molecule has 1 fully saturated rings. The van der Waals surface area contributed by atoms with Crippen LogP contribution in [0.25, 0.3) is 0 Å². The van der Waals surface area contributed by atoms with Gasteiger partial charge in [-0.05, 0) is 30.5 Å². The second kappa shape index (κ2) is 5.89. The largest absolute Gasteiger partial charge is 0.508 e. The molecule has 0 unspecified atom stereocenters. The molecule has 3 heteroatoms. The van der Waals surface area contributed by atoms with Crippen molar-refractivity contribution in [3.8, 4) is 5.75 Å². The summed E-state index contributed by atoms with van der Waals surface area (Å²) in [5.74, 6) is 0.416. The smallest absolute Gasteiger partial charge is 0.226 e. The molecule has 0 aliphatic heterocycles. The molecular formula is C15H21NO2. The first kappa shape index (κ1) is 12.9.